The summed E-state index contributed by atoms with van der Waals surface area (Å²) in [6.07, 6.45) is 2.16. The molecule has 0 aliphatic heterocycles. The van der Waals surface area contributed by atoms with Gasteiger partial charge in [-0.2, -0.15) is 8.42 Å². The molecule has 0 aromatic carbocycles. The predicted octanol–water partition coefficient (Wildman–Crippen LogP) is -2.19. The summed E-state index contributed by atoms with van der Waals surface area (Å²) >= 11 is 0. The third kappa shape index (κ3) is 14.8. The molecule has 0 aliphatic rings. The molecule has 0 saturated carbocycles. The largest absolute Gasteiger partial charge is 0.480 e. The Morgan fingerprint density at radius 3 is 1.70 bits per heavy atom. The van der Waals surface area contributed by atoms with Crippen LogP contribution < -0.4 is 17.2 Å². The van der Waals surface area contributed by atoms with Crippen molar-refractivity contribution in [1.29, 1.82) is 0 Å². The van der Waals surface area contributed by atoms with Crippen molar-refractivity contribution in [2.75, 3.05) is 12.3 Å². The summed E-state index contributed by atoms with van der Waals surface area (Å²) in [4.78, 5) is 20.0. The zero-order chi connectivity index (χ0) is 16.3. The van der Waals surface area contributed by atoms with Crippen molar-refractivity contribution in [1.82, 2.24) is 0 Å². The van der Waals surface area contributed by atoms with E-state index in [2.05, 4.69) is 0 Å². The Morgan fingerprint density at radius 2 is 1.45 bits per heavy atom. The van der Waals surface area contributed by atoms with Crippen molar-refractivity contribution in [2.24, 2.45) is 17.2 Å². The second-order valence-corrected chi connectivity index (χ2v) is 5.42. The van der Waals surface area contributed by atoms with E-state index in [0.717, 1.165) is 12.8 Å². The SMILES string of the molecule is NC(CS(=O)(=O)O)C(=O)O.NCCCCC(N)C(=O)O. The quantitative estimate of drug-likeness (QED) is 0.210. The predicted molar refractivity (Wildman–Crippen MR) is 70.5 cm³/mol. The van der Waals surface area contributed by atoms with Gasteiger partial charge in [0.15, 0.2) is 0 Å². The third-order valence-corrected chi connectivity index (χ3v) is 2.77. The van der Waals surface area contributed by atoms with Gasteiger partial charge in [-0.3, -0.25) is 14.1 Å². The Morgan fingerprint density at radius 1 is 1.00 bits per heavy atom. The van der Waals surface area contributed by atoms with E-state index >= 15 is 0 Å². The molecule has 0 bridgehead atoms. The molecule has 0 spiro atoms. The van der Waals surface area contributed by atoms with Crippen LogP contribution in [-0.4, -0.2) is 59.5 Å². The van der Waals surface area contributed by atoms with E-state index in [0.29, 0.717) is 13.0 Å². The second-order valence-electron chi connectivity index (χ2n) is 3.92. The van der Waals surface area contributed by atoms with Crippen molar-refractivity contribution < 1.29 is 32.8 Å². The minimum atomic E-state index is -4.27. The van der Waals surface area contributed by atoms with Crippen LogP contribution in [0.2, 0.25) is 0 Å². The van der Waals surface area contributed by atoms with E-state index in [1.54, 1.807) is 0 Å². The molecule has 9 N–H and O–H groups in total. The van der Waals surface area contributed by atoms with Gasteiger partial charge in [0, 0.05) is 0 Å². The highest BCUT2D eigenvalue weighted by Crippen LogP contribution is 1.96. The number of carboxylic acid groups (broad SMARTS) is 2. The fourth-order valence-electron chi connectivity index (χ4n) is 0.930. The Labute approximate surface area is 116 Å². The molecule has 0 saturated heterocycles. The standard InChI is InChI=1S/C6H14N2O2.C3H7NO5S/c7-4-2-1-3-5(8)6(9)10;4-2(3(5)6)1-10(7,8)9/h5H,1-4,7-8H2,(H,9,10);2H,1,4H2,(H,5,6)(H,7,8,9). The summed E-state index contributed by atoms with van der Waals surface area (Å²) in [7, 11) is -4.27. The Balaban J connectivity index is 0. The van der Waals surface area contributed by atoms with E-state index in [1.807, 2.05) is 0 Å². The van der Waals surface area contributed by atoms with Gasteiger partial charge in [-0.05, 0) is 19.4 Å². The number of hydrogen-bond acceptors (Lipinski definition) is 7. The highest BCUT2D eigenvalue weighted by atomic mass is 32.2. The maximum Gasteiger partial charge on any atom is 0.321 e. The fourth-order valence-corrected chi connectivity index (χ4v) is 1.53. The summed E-state index contributed by atoms with van der Waals surface area (Å²) in [5.74, 6) is -3.35. The minimum Gasteiger partial charge on any atom is -0.480 e. The topological polar surface area (TPSA) is 207 Å². The lowest BCUT2D eigenvalue weighted by molar-refractivity contribution is -0.139. The maximum absolute atomic E-state index is 10.1. The first-order chi connectivity index (χ1) is 9.01. The Bertz CT molecular complexity index is 398. The highest BCUT2D eigenvalue weighted by molar-refractivity contribution is 7.85. The highest BCUT2D eigenvalue weighted by Gasteiger charge is 2.18. The average Bonchev–Trinajstić information content (AvgIpc) is 2.27. The van der Waals surface area contributed by atoms with Crippen LogP contribution in [0, 0.1) is 0 Å². The number of aliphatic carboxylic acids is 2. The van der Waals surface area contributed by atoms with Crippen molar-refractivity contribution in [3.8, 4) is 0 Å². The number of carbonyl (C=O) groups is 2. The summed E-state index contributed by atoms with van der Waals surface area (Å²) in [5, 5.41) is 16.4. The maximum atomic E-state index is 10.1. The van der Waals surface area contributed by atoms with E-state index in [1.165, 1.54) is 0 Å². The Hall–Kier alpha value is -1.27. The van der Waals surface area contributed by atoms with Gasteiger partial charge in [0.05, 0.1) is 0 Å². The first kappa shape index (κ1) is 21.0. The molecule has 0 aromatic rings. The fraction of sp³-hybridized carbons (Fsp3) is 0.778. The number of unbranched alkanes of at least 4 members (excludes halogenated alkanes) is 1. The van der Waals surface area contributed by atoms with Gasteiger partial charge in [0.1, 0.15) is 17.8 Å². The molecular weight excluding hydrogens is 294 g/mol. The molecule has 0 aliphatic carbocycles. The van der Waals surface area contributed by atoms with Crippen LogP contribution in [0.3, 0.4) is 0 Å². The van der Waals surface area contributed by atoms with Crippen molar-refractivity contribution in [2.45, 2.75) is 31.3 Å². The van der Waals surface area contributed by atoms with Crippen LogP contribution >= 0.6 is 0 Å². The van der Waals surface area contributed by atoms with Gasteiger partial charge >= 0.3 is 11.9 Å². The number of rotatable bonds is 8. The van der Waals surface area contributed by atoms with Gasteiger partial charge in [-0.15, -0.1) is 0 Å². The molecule has 2 atom stereocenters. The number of nitrogens with two attached hydrogens (primary N) is 3. The summed E-state index contributed by atoms with van der Waals surface area (Å²) in [5.41, 5.74) is 15.2. The molecular formula is C9H21N3O7S. The molecule has 0 aromatic heterocycles. The molecule has 0 heterocycles. The molecule has 0 rings (SSSR count). The summed E-state index contributed by atoms with van der Waals surface area (Å²) in [6.45, 7) is 0.604. The lowest BCUT2D eigenvalue weighted by atomic mass is 10.1. The monoisotopic (exact) mass is 315 g/mol. The number of hydrogen-bond donors (Lipinski definition) is 6. The van der Waals surface area contributed by atoms with E-state index in [-0.39, 0.29) is 0 Å². The molecule has 120 valence electrons. The van der Waals surface area contributed by atoms with Gasteiger partial charge in [-0.1, -0.05) is 6.42 Å². The van der Waals surface area contributed by atoms with Crippen molar-refractivity contribution in [3.63, 3.8) is 0 Å². The third-order valence-electron chi connectivity index (χ3n) is 1.99. The first-order valence-corrected chi connectivity index (χ1v) is 7.24. The average molecular weight is 315 g/mol. The van der Waals surface area contributed by atoms with E-state index in [9.17, 15) is 18.0 Å². The van der Waals surface area contributed by atoms with E-state index < -0.39 is 39.9 Å². The molecule has 0 fully saturated rings. The molecule has 0 amide bonds. The van der Waals surface area contributed by atoms with Crippen molar-refractivity contribution in [3.05, 3.63) is 0 Å². The van der Waals surface area contributed by atoms with Crippen LogP contribution in [0.4, 0.5) is 0 Å². The summed E-state index contributed by atoms with van der Waals surface area (Å²) in [6, 6.07) is -2.28. The number of carboxylic acids is 2. The van der Waals surface area contributed by atoms with Crippen LogP contribution in [0.25, 0.3) is 0 Å². The second kappa shape index (κ2) is 10.5. The minimum absolute atomic E-state index is 0.520. The van der Waals surface area contributed by atoms with E-state index in [4.69, 9.17) is 32.0 Å². The summed E-state index contributed by atoms with van der Waals surface area (Å²) < 4.78 is 28.0. The van der Waals surface area contributed by atoms with Gasteiger partial charge in [0.2, 0.25) is 0 Å². The van der Waals surface area contributed by atoms with Gasteiger partial charge < -0.3 is 27.4 Å². The van der Waals surface area contributed by atoms with Crippen LogP contribution in [-0.2, 0) is 19.7 Å². The molecule has 2 unspecified atom stereocenters. The first-order valence-electron chi connectivity index (χ1n) is 5.63. The normalized spacial score (nSPS) is 13.8. The molecule has 11 heteroatoms. The van der Waals surface area contributed by atoms with Crippen LogP contribution in [0.5, 0.6) is 0 Å². The zero-order valence-electron chi connectivity index (χ0n) is 10.8. The van der Waals surface area contributed by atoms with Crippen LogP contribution in [0.15, 0.2) is 0 Å². The lowest BCUT2D eigenvalue weighted by Gasteiger charge is -2.03. The van der Waals surface area contributed by atoms with Gasteiger partial charge in [-0.25, -0.2) is 0 Å². The van der Waals surface area contributed by atoms with Crippen molar-refractivity contribution >= 4 is 22.1 Å². The lowest BCUT2D eigenvalue weighted by Crippen LogP contribution is -2.36. The van der Waals surface area contributed by atoms with Gasteiger partial charge in [0.25, 0.3) is 10.1 Å². The zero-order valence-corrected chi connectivity index (χ0v) is 11.6. The smallest absolute Gasteiger partial charge is 0.321 e. The molecule has 20 heavy (non-hydrogen) atoms. The molecule has 10 nitrogen and oxygen atoms in total. The Kier molecular flexibility index (Phi) is 11.1. The van der Waals surface area contributed by atoms with Crippen LogP contribution in [0.1, 0.15) is 19.3 Å². The molecule has 0 radical (unpaired) electrons.